The maximum atomic E-state index is 12.1. The number of aromatic nitrogens is 4. The second-order valence-electron chi connectivity index (χ2n) is 4.21. The molecule has 0 fully saturated rings. The van der Waals surface area contributed by atoms with Crippen LogP contribution in [-0.4, -0.2) is 25.7 Å². The van der Waals surface area contributed by atoms with Gasteiger partial charge in [0.25, 0.3) is 5.91 Å². The van der Waals surface area contributed by atoms with Crippen LogP contribution >= 0.6 is 15.9 Å². The van der Waals surface area contributed by atoms with Crippen molar-refractivity contribution in [2.24, 2.45) is 0 Å². The van der Waals surface area contributed by atoms with Crippen LogP contribution in [0.5, 0.6) is 0 Å². The summed E-state index contributed by atoms with van der Waals surface area (Å²) in [4.78, 5) is 20.0. The smallest absolute Gasteiger partial charge is 0.255 e. The van der Waals surface area contributed by atoms with E-state index in [-0.39, 0.29) is 5.91 Å². The lowest BCUT2D eigenvalue weighted by atomic mass is 10.2. The third kappa shape index (κ3) is 3.14. The summed E-state index contributed by atoms with van der Waals surface area (Å²) in [6, 6.07) is 10.7. The van der Waals surface area contributed by atoms with E-state index >= 15 is 0 Å². The average Bonchev–Trinajstić information content (AvgIpc) is 3.02. The largest absolute Gasteiger partial charge is 0.322 e. The van der Waals surface area contributed by atoms with Crippen LogP contribution in [0.1, 0.15) is 10.4 Å². The number of hydrogen-bond donors (Lipinski definition) is 1. The molecule has 2 heterocycles. The molecule has 3 aromatic rings. The third-order valence-electron chi connectivity index (χ3n) is 2.80. The first-order chi connectivity index (χ1) is 10.2. The van der Waals surface area contributed by atoms with Crippen LogP contribution in [0.4, 0.5) is 5.69 Å². The summed E-state index contributed by atoms with van der Waals surface area (Å²) in [7, 11) is 0. The zero-order chi connectivity index (χ0) is 14.7. The molecule has 1 N–H and O–H groups in total. The minimum atomic E-state index is -0.188. The standard InChI is InChI=1S/C14H10BrN5O/c15-13-7-10(5-6-17-13)14(21)19-11-1-3-12(4-2-11)20-9-16-8-18-20/h1-9H,(H,19,21). The molecule has 3 rings (SSSR count). The Morgan fingerprint density at radius 2 is 2.00 bits per heavy atom. The van der Waals surface area contributed by atoms with Gasteiger partial charge in [-0.1, -0.05) is 0 Å². The second-order valence-corrected chi connectivity index (χ2v) is 5.02. The van der Waals surface area contributed by atoms with Gasteiger partial charge >= 0.3 is 0 Å². The highest BCUT2D eigenvalue weighted by molar-refractivity contribution is 9.10. The number of anilines is 1. The Morgan fingerprint density at radius 3 is 2.67 bits per heavy atom. The van der Waals surface area contributed by atoms with E-state index < -0.39 is 0 Å². The first-order valence-corrected chi connectivity index (χ1v) is 6.90. The maximum Gasteiger partial charge on any atom is 0.255 e. The highest BCUT2D eigenvalue weighted by Crippen LogP contribution is 2.14. The highest BCUT2D eigenvalue weighted by Gasteiger charge is 2.07. The molecule has 21 heavy (non-hydrogen) atoms. The lowest BCUT2D eigenvalue weighted by molar-refractivity contribution is 0.102. The Bertz CT molecular complexity index is 755. The predicted octanol–water partition coefficient (Wildman–Crippen LogP) is 2.68. The zero-order valence-electron chi connectivity index (χ0n) is 10.8. The highest BCUT2D eigenvalue weighted by atomic mass is 79.9. The number of carbonyl (C=O) groups excluding carboxylic acids is 1. The van der Waals surface area contributed by atoms with Crippen LogP contribution < -0.4 is 5.32 Å². The van der Waals surface area contributed by atoms with Gasteiger partial charge in [-0.2, -0.15) is 5.10 Å². The molecule has 6 nitrogen and oxygen atoms in total. The van der Waals surface area contributed by atoms with Crippen LogP contribution in [0, 0.1) is 0 Å². The molecule has 1 aromatic carbocycles. The molecule has 0 bridgehead atoms. The Hall–Kier alpha value is -2.54. The molecule has 2 aromatic heterocycles. The van der Waals surface area contributed by atoms with E-state index in [4.69, 9.17) is 0 Å². The number of nitrogens with one attached hydrogen (secondary N) is 1. The average molecular weight is 344 g/mol. The van der Waals surface area contributed by atoms with E-state index in [9.17, 15) is 4.79 Å². The lowest BCUT2D eigenvalue weighted by Gasteiger charge is -2.06. The fourth-order valence-electron chi connectivity index (χ4n) is 1.79. The fourth-order valence-corrected chi connectivity index (χ4v) is 2.15. The molecular weight excluding hydrogens is 334 g/mol. The summed E-state index contributed by atoms with van der Waals surface area (Å²) in [6.07, 6.45) is 4.66. The van der Waals surface area contributed by atoms with Crippen LogP contribution in [0.2, 0.25) is 0 Å². The predicted molar refractivity (Wildman–Crippen MR) is 81.2 cm³/mol. The molecule has 0 radical (unpaired) electrons. The maximum absolute atomic E-state index is 12.1. The minimum absolute atomic E-state index is 0.188. The molecule has 1 amide bonds. The van der Waals surface area contributed by atoms with Gasteiger partial charge in [0.15, 0.2) is 0 Å². The summed E-state index contributed by atoms with van der Waals surface area (Å²) in [5, 5.41) is 6.87. The van der Waals surface area contributed by atoms with E-state index in [0.717, 1.165) is 5.69 Å². The number of rotatable bonds is 3. The zero-order valence-corrected chi connectivity index (χ0v) is 12.4. The van der Waals surface area contributed by atoms with Crippen LogP contribution in [0.25, 0.3) is 5.69 Å². The number of pyridine rings is 1. The van der Waals surface area contributed by atoms with Gasteiger partial charge in [0, 0.05) is 17.4 Å². The van der Waals surface area contributed by atoms with Gasteiger partial charge in [0.05, 0.1) is 5.69 Å². The van der Waals surface area contributed by atoms with Gasteiger partial charge in [-0.05, 0) is 52.3 Å². The normalized spacial score (nSPS) is 10.3. The Balaban J connectivity index is 1.75. The summed E-state index contributed by atoms with van der Waals surface area (Å²) >= 11 is 3.24. The number of hydrogen-bond acceptors (Lipinski definition) is 4. The van der Waals surface area contributed by atoms with E-state index in [1.165, 1.54) is 6.33 Å². The van der Waals surface area contributed by atoms with Crippen molar-refractivity contribution in [1.29, 1.82) is 0 Å². The quantitative estimate of drug-likeness (QED) is 0.742. The minimum Gasteiger partial charge on any atom is -0.322 e. The number of carbonyl (C=O) groups is 1. The van der Waals surface area contributed by atoms with Gasteiger partial charge < -0.3 is 5.32 Å². The molecule has 0 spiro atoms. The van der Waals surface area contributed by atoms with E-state index in [1.807, 2.05) is 24.3 Å². The van der Waals surface area contributed by atoms with Crippen LogP contribution in [0.15, 0.2) is 59.9 Å². The molecular formula is C14H10BrN5O. The second kappa shape index (κ2) is 5.84. The molecule has 104 valence electrons. The van der Waals surface area contributed by atoms with Crippen molar-refractivity contribution in [3.63, 3.8) is 0 Å². The molecule has 7 heteroatoms. The monoisotopic (exact) mass is 343 g/mol. The van der Waals surface area contributed by atoms with Gasteiger partial charge in [0.2, 0.25) is 0 Å². The van der Waals surface area contributed by atoms with Gasteiger partial charge in [0.1, 0.15) is 17.3 Å². The van der Waals surface area contributed by atoms with Gasteiger partial charge in [-0.15, -0.1) is 0 Å². The molecule has 0 aliphatic rings. The molecule has 0 saturated carbocycles. The van der Waals surface area contributed by atoms with Gasteiger partial charge in [-0.3, -0.25) is 4.79 Å². The number of nitrogens with zero attached hydrogens (tertiary/aromatic N) is 4. The lowest BCUT2D eigenvalue weighted by Crippen LogP contribution is -2.12. The van der Waals surface area contributed by atoms with Crippen LogP contribution in [0.3, 0.4) is 0 Å². The Kier molecular flexibility index (Phi) is 3.74. The topological polar surface area (TPSA) is 72.7 Å². The number of benzene rings is 1. The van der Waals surface area contributed by atoms with Crippen molar-refractivity contribution in [3.8, 4) is 5.69 Å². The Morgan fingerprint density at radius 1 is 1.19 bits per heavy atom. The van der Waals surface area contributed by atoms with Crippen molar-refractivity contribution in [1.82, 2.24) is 19.7 Å². The van der Waals surface area contributed by atoms with Crippen molar-refractivity contribution < 1.29 is 4.79 Å². The Labute approximate surface area is 129 Å². The van der Waals surface area contributed by atoms with Crippen molar-refractivity contribution in [3.05, 3.63) is 65.4 Å². The molecule has 0 aliphatic heterocycles. The van der Waals surface area contributed by atoms with Crippen molar-refractivity contribution in [2.45, 2.75) is 0 Å². The number of halogens is 1. The van der Waals surface area contributed by atoms with Crippen molar-refractivity contribution >= 4 is 27.5 Å². The fraction of sp³-hybridized carbons (Fsp3) is 0. The summed E-state index contributed by atoms with van der Waals surface area (Å²) in [5.41, 5.74) is 2.12. The first-order valence-electron chi connectivity index (χ1n) is 6.10. The van der Waals surface area contributed by atoms with E-state index in [2.05, 4.69) is 36.3 Å². The summed E-state index contributed by atoms with van der Waals surface area (Å²) in [6.45, 7) is 0. The molecule has 0 saturated heterocycles. The molecule has 0 atom stereocenters. The van der Waals surface area contributed by atoms with E-state index in [1.54, 1.807) is 29.3 Å². The SMILES string of the molecule is O=C(Nc1ccc(-n2cncn2)cc1)c1ccnc(Br)c1. The van der Waals surface area contributed by atoms with Crippen LogP contribution in [-0.2, 0) is 0 Å². The molecule has 0 aliphatic carbocycles. The summed E-state index contributed by atoms with van der Waals surface area (Å²) in [5.74, 6) is -0.188. The number of amides is 1. The molecule has 0 unspecified atom stereocenters. The third-order valence-corrected chi connectivity index (χ3v) is 3.23. The first kappa shape index (κ1) is 13.4. The van der Waals surface area contributed by atoms with Crippen molar-refractivity contribution in [2.75, 3.05) is 5.32 Å². The summed E-state index contributed by atoms with van der Waals surface area (Å²) < 4.78 is 2.27. The van der Waals surface area contributed by atoms with E-state index in [0.29, 0.717) is 15.9 Å². The van der Waals surface area contributed by atoms with Gasteiger partial charge in [-0.25, -0.2) is 14.6 Å².